The van der Waals surface area contributed by atoms with Gasteiger partial charge in [-0.1, -0.05) is 25.0 Å². The summed E-state index contributed by atoms with van der Waals surface area (Å²) in [4.78, 5) is 0. The molecular formula is C19H25ClO2. The van der Waals surface area contributed by atoms with Gasteiger partial charge in [-0.15, -0.1) is 11.6 Å². The highest BCUT2D eigenvalue weighted by atomic mass is 35.5. The number of alkyl halides is 1. The van der Waals surface area contributed by atoms with E-state index in [1.165, 1.54) is 29.2 Å². The summed E-state index contributed by atoms with van der Waals surface area (Å²) in [6.45, 7) is 5.57. The van der Waals surface area contributed by atoms with Crippen LogP contribution in [0, 0.1) is 6.92 Å². The Morgan fingerprint density at radius 3 is 2.55 bits per heavy atom. The molecule has 2 rings (SSSR count). The molecule has 0 unspecified atom stereocenters. The summed E-state index contributed by atoms with van der Waals surface area (Å²) in [6, 6.07) is 10.4. The molecule has 0 heterocycles. The molecule has 0 atom stereocenters. The predicted octanol–water partition coefficient (Wildman–Crippen LogP) is 5.72. The van der Waals surface area contributed by atoms with Crippen LogP contribution in [-0.2, 0) is 0 Å². The van der Waals surface area contributed by atoms with E-state index in [-0.39, 0.29) is 0 Å². The average Bonchev–Trinajstić information content (AvgIpc) is 2.53. The Morgan fingerprint density at radius 1 is 0.955 bits per heavy atom. The number of ether oxygens (including phenoxy) is 2. The molecule has 120 valence electrons. The van der Waals surface area contributed by atoms with Crippen LogP contribution in [0.15, 0.2) is 30.3 Å². The quantitative estimate of drug-likeness (QED) is 0.434. The van der Waals surface area contributed by atoms with E-state index in [1.54, 1.807) is 0 Å². The first-order valence-corrected chi connectivity index (χ1v) is 8.64. The summed E-state index contributed by atoms with van der Waals surface area (Å²) in [5.74, 6) is 2.66. The van der Waals surface area contributed by atoms with Crippen LogP contribution >= 0.6 is 11.6 Å². The lowest BCUT2D eigenvalue weighted by Gasteiger charge is -2.12. The van der Waals surface area contributed by atoms with Crippen molar-refractivity contribution >= 4 is 22.4 Å². The van der Waals surface area contributed by atoms with Crippen LogP contribution in [0.1, 0.15) is 38.2 Å². The van der Waals surface area contributed by atoms with Gasteiger partial charge in [-0.2, -0.15) is 0 Å². The van der Waals surface area contributed by atoms with Crippen LogP contribution in [0.3, 0.4) is 0 Å². The maximum atomic E-state index is 5.85. The van der Waals surface area contributed by atoms with E-state index in [9.17, 15) is 0 Å². The standard InChI is InChI=1S/C19H25ClO2/c1-3-21-19-11-8-16-14-17(9-10-18(16)15(19)2)22-13-7-5-4-6-12-20/h8-11,14H,3-7,12-13H2,1-2H3. The third kappa shape index (κ3) is 4.54. The zero-order valence-electron chi connectivity index (χ0n) is 13.5. The monoisotopic (exact) mass is 320 g/mol. The van der Waals surface area contributed by atoms with Gasteiger partial charge in [0.1, 0.15) is 11.5 Å². The highest BCUT2D eigenvalue weighted by molar-refractivity contribution is 6.17. The molecule has 2 aromatic carbocycles. The lowest BCUT2D eigenvalue weighted by Crippen LogP contribution is -1.98. The van der Waals surface area contributed by atoms with Crippen molar-refractivity contribution in [3.05, 3.63) is 35.9 Å². The molecule has 22 heavy (non-hydrogen) atoms. The highest BCUT2D eigenvalue weighted by Gasteiger charge is 2.05. The first kappa shape index (κ1) is 17.0. The van der Waals surface area contributed by atoms with Gasteiger partial charge in [0.25, 0.3) is 0 Å². The van der Waals surface area contributed by atoms with Gasteiger partial charge in [-0.3, -0.25) is 0 Å². The molecule has 0 aliphatic heterocycles. The topological polar surface area (TPSA) is 18.5 Å². The Bertz CT molecular complexity index is 595. The number of rotatable bonds is 9. The Hall–Kier alpha value is -1.41. The molecular weight excluding hydrogens is 296 g/mol. The first-order valence-electron chi connectivity index (χ1n) is 8.11. The van der Waals surface area contributed by atoms with Gasteiger partial charge < -0.3 is 9.47 Å². The molecule has 3 heteroatoms. The summed E-state index contributed by atoms with van der Waals surface area (Å²) in [7, 11) is 0. The molecule has 0 aromatic heterocycles. The van der Waals surface area contributed by atoms with Crippen molar-refractivity contribution in [2.24, 2.45) is 0 Å². The van der Waals surface area contributed by atoms with Crippen LogP contribution in [-0.4, -0.2) is 19.1 Å². The number of hydrogen-bond acceptors (Lipinski definition) is 2. The van der Waals surface area contributed by atoms with Gasteiger partial charge in [0.15, 0.2) is 0 Å². The average molecular weight is 321 g/mol. The summed E-state index contributed by atoms with van der Waals surface area (Å²) >= 11 is 5.67. The molecule has 0 saturated carbocycles. The number of halogens is 1. The molecule has 2 nitrogen and oxygen atoms in total. The van der Waals surface area contributed by atoms with Gasteiger partial charge in [-0.05, 0) is 61.2 Å². The molecule has 0 radical (unpaired) electrons. The Morgan fingerprint density at radius 2 is 1.77 bits per heavy atom. The Balaban J connectivity index is 1.97. The molecule has 0 amide bonds. The molecule has 0 fully saturated rings. The fourth-order valence-electron chi connectivity index (χ4n) is 2.59. The predicted molar refractivity (Wildman–Crippen MR) is 94.5 cm³/mol. The molecule has 0 aliphatic rings. The van der Waals surface area contributed by atoms with Crippen molar-refractivity contribution in [2.45, 2.75) is 39.5 Å². The minimum absolute atomic E-state index is 0.692. The van der Waals surface area contributed by atoms with Crippen LogP contribution in [0.4, 0.5) is 0 Å². The number of unbranched alkanes of at least 4 members (excludes halogenated alkanes) is 3. The van der Waals surface area contributed by atoms with Crippen molar-refractivity contribution in [1.82, 2.24) is 0 Å². The van der Waals surface area contributed by atoms with E-state index in [2.05, 4.69) is 25.1 Å². The molecule has 2 aromatic rings. The molecule has 0 spiro atoms. The van der Waals surface area contributed by atoms with Crippen LogP contribution in [0.2, 0.25) is 0 Å². The smallest absolute Gasteiger partial charge is 0.122 e. The zero-order chi connectivity index (χ0) is 15.8. The molecule has 0 saturated heterocycles. The lowest BCUT2D eigenvalue weighted by molar-refractivity contribution is 0.305. The third-order valence-corrected chi connectivity index (χ3v) is 4.07. The number of fused-ring (bicyclic) bond motifs is 1. The van der Waals surface area contributed by atoms with Gasteiger partial charge in [0, 0.05) is 5.88 Å². The maximum absolute atomic E-state index is 5.85. The fraction of sp³-hybridized carbons (Fsp3) is 0.474. The first-order chi connectivity index (χ1) is 10.8. The number of hydrogen-bond donors (Lipinski definition) is 0. The largest absolute Gasteiger partial charge is 0.494 e. The second-order valence-electron chi connectivity index (χ2n) is 5.46. The third-order valence-electron chi connectivity index (χ3n) is 3.81. The van der Waals surface area contributed by atoms with Gasteiger partial charge in [0.05, 0.1) is 13.2 Å². The second-order valence-corrected chi connectivity index (χ2v) is 5.83. The molecule has 0 bridgehead atoms. The van der Waals surface area contributed by atoms with E-state index in [1.807, 2.05) is 19.1 Å². The summed E-state index contributed by atoms with van der Waals surface area (Å²) in [5.41, 5.74) is 1.19. The van der Waals surface area contributed by atoms with E-state index in [0.717, 1.165) is 36.8 Å². The fourth-order valence-corrected chi connectivity index (χ4v) is 2.77. The normalized spacial score (nSPS) is 10.9. The van der Waals surface area contributed by atoms with Crippen LogP contribution in [0.5, 0.6) is 11.5 Å². The lowest BCUT2D eigenvalue weighted by atomic mass is 10.0. The van der Waals surface area contributed by atoms with Crippen molar-refractivity contribution < 1.29 is 9.47 Å². The second kappa shape index (κ2) is 8.89. The maximum Gasteiger partial charge on any atom is 0.122 e. The minimum atomic E-state index is 0.692. The van der Waals surface area contributed by atoms with Gasteiger partial charge >= 0.3 is 0 Å². The van der Waals surface area contributed by atoms with Crippen molar-refractivity contribution in [3.8, 4) is 11.5 Å². The van der Waals surface area contributed by atoms with Gasteiger partial charge in [-0.25, -0.2) is 0 Å². The van der Waals surface area contributed by atoms with Crippen molar-refractivity contribution in [2.75, 3.05) is 19.1 Å². The number of benzene rings is 2. The van der Waals surface area contributed by atoms with Crippen LogP contribution in [0.25, 0.3) is 10.8 Å². The van der Waals surface area contributed by atoms with Crippen molar-refractivity contribution in [3.63, 3.8) is 0 Å². The Labute approximate surface area is 138 Å². The highest BCUT2D eigenvalue weighted by Crippen LogP contribution is 2.30. The summed E-state index contributed by atoms with van der Waals surface area (Å²) in [5, 5.41) is 2.42. The van der Waals surface area contributed by atoms with Crippen molar-refractivity contribution in [1.29, 1.82) is 0 Å². The molecule has 0 aliphatic carbocycles. The minimum Gasteiger partial charge on any atom is -0.494 e. The number of aryl methyl sites for hydroxylation is 1. The van der Waals surface area contributed by atoms with Gasteiger partial charge in [0.2, 0.25) is 0 Å². The summed E-state index contributed by atoms with van der Waals surface area (Å²) in [6.07, 6.45) is 4.54. The van der Waals surface area contributed by atoms with E-state index in [0.29, 0.717) is 6.61 Å². The summed E-state index contributed by atoms with van der Waals surface area (Å²) < 4.78 is 11.5. The SMILES string of the molecule is CCOc1ccc2cc(OCCCCCCCl)ccc2c1C. The van der Waals surface area contributed by atoms with Crippen LogP contribution < -0.4 is 9.47 Å². The van der Waals surface area contributed by atoms with E-state index < -0.39 is 0 Å². The van der Waals surface area contributed by atoms with E-state index in [4.69, 9.17) is 21.1 Å². The Kier molecular flexibility index (Phi) is 6.85. The van der Waals surface area contributed by atoms with E-state index >= 15 is 0 Å². The zero-order valence-corrected chi connectivity index (χ0v) is 14.3. The molecule has 0 N–H and O–H groups in total.